The zero-order chi connectivity index (χ0) is 11.6. The van der Waals surface area contributed by atoms with E-state index < -0.39 is 0 Å². The van der Waals surface area contributed by atoms with E-state index in [1.54, 1.807) is 0 Å². The summed E-state index contributed by atoms with van der Waals surface area (Å²) in [4.78, 5) is 4.72. The molecule has 0 aromatic rings. The molecule has 0 amide bonds. The van der Waals surface area contributed by atoms with E-state index in [-0.39, 0.29) is 5.41 Å². The number of hydrogen-bond acceptors (Lipinski definition) is 4. The highest BCUT2D eigenvalue weighted by atomic mass is 16.5. The van der Waals surface area contributed by atoms with Crippen molar-refractivity contribution in [3.8, 4) is 6.07 Å². The van der Waals surface area contributed by atoms with E-state index in [2.05, 4.69) is 30.0 Å². The first-order chi connectivity index (χ1) is 7.65. The van der Waals surface area contributed by atoms with Gasteiger partial charge in [-0.05, 0) is 33.5 Å². The minimum absolute atomic E-state index is 0.231. The first-order valence-corrected chi connectivity index (χ1v) is 6.03. The van der Waals surface area contributed by atoms with Crippen molar-refractivity contribution in [1.82, 2.24) is 9.80 Å². The maximum atomic E-state index is 9.17. The summed E-state index contributed by atoms with van der Waals surface area (Å²) < 4.78 is 5.18. The van der Waals surface area contributed by atoms with Gasteiger partial charge in [0, 0.05) is 19.1 Å². The van der Waals surface area contributed by atoms with Crippen LogP contribution in [-0.2, 0) is 4.74 Å². The third kappa shape index (κ3) is 2.37. The second-order valence-corrected chi connectivity index (χ2v) is 5.36. The minimum atomic E-state index is -0.231. The molecule has 4 nitrogen and oxygen atoms in total. The maximum absolute atomic E-state index is 9.17. The van der Waals surface area contributed by atoms with Gasteiger partial charge in [0.25, 0.3) is 0 Å². The standard InChI is InChI=1S/C12H21N3O/c1-14-5-3-4-11(6-14)15(2)8-12(7-13)9-16-10-12/h11H,3-6,8-10H2,1-2H3. The second kappa shape index (κ2) is 4.70. The fourth-order valence-electron chi connectivity index (χ4n) is 2.65. The molecule has 2 saturated heterocycles. The van der Waals surface area contributed by atoms with Crippen LogP contribution in [-0.4, -0.2) is 62.8 Å². The highest BCUT2D eigenvalue weighted by Gasteiger charge is 2.41. The first kappa shape index (κ1) is 11.8. The Morgan fingerprint density at radius 1 is 1.56 bits per heavy atom. The largest absolute Gasteiger partial charge is 0.378 e. The number of piperidine rings is 1. The van der Waals surface area contributed by atoms with Crippen LogP contribution in [0, 0.1) is 16.7 Å². The van der Waals surface area contributed by atoms with Gasteiger partial charge in [0.2, 0.25) is 0 Å². The van der Waals surface area contributed by atoms with Crippen molar-refractivity contribution in [2.24, 2.45) is 5.41 Å². The first-order valence-electron chi connectivity index (χ1n) is 6.03. The molecule has 2 heterocycles. The van der Waals surface area contributed by atoms with Gasteiger partial charge in [-0.2, -0.15) is 5.26 Å². The van der Waals surface area contributed by atoms with E-state index in [1.165, 1.54) is 19.4 Å². The zero-order valence-electron chi connectivity index (χ0n) is 10.3. The highest BCUT2D eigenvalue weighted by Crippen LogP contribution is 2.28. The minimum Gasteiger partial charge on any atom is -0.378 e. The Hall–Kier alpha value is -0.630. The summed E-state index contributed by atoms with van der Waals surface area (Å²) in [6, 6.07) is 3.02. The molecule has 0 bridgehead atoms. The summed E-state index contributed by atoms with van der Waals surface area (Å²) in [6.07, 6.45) is 2.52. The van der Waals surface area contributed by atoms with Crippen molar-refractivity contribution in [1.29, 1.82) is 5.26 Å². The van der Waals surface area contributed by atoms with Crippen LogP contribution >= 0.6 is 0 Å². The average molecular weight is 223 g/mol. The molecule has 0 aromatic carbocycles. The normalized spacial score (nSPS) is 29.8. The Balaban J connectivity index is 1.87. The van der Waals surface area contributed by atoms with Crippen molar-refractivity contribution in [3.63, 3.8) is 0 Å². The van der Waals surface area contributed by atoms with Gasteiger partial charge in [0.15, 0.2) is 0 Å². The molecule has 2 fully saturated rings. The summed E-state index contributed by atoms with van der Waals surface area (Å²) >= 11 is 0. The predicted octanol–water partition coefficient (Wildman–Crippen LogP) is 0.553. The van der Waals surface area contributed by atoms with E-state index in [9.17, 15) is 0 Å². The number of likely N-dealkylation sites (tertiary alicyclic amines) is 1. The molecule has 1 unspecified atom stereocenters. The topological polar surface area (TPSA) is 39.5 Å². The number of nitrogens with zero attached hydrogens (tertiary/aromatic N) is 3. The average Bonchev–Trinajstić information content (AvgIpc) is 2.23. The molecule has 2 rings (SSSR count). The van der Waals surface area contributed by atoms with Crippen LogP contribution in [0.2, 0.25) is 0 Å². The van der Waals surface area contributed by atoms with E-state index in [1.807, 2.05) is 0 Å². The summed E-state index contributed by atoms with van der Waals surface area (Å²) in [5, 5.41) is 9.17. The van der Waals surface area contributed by atoms with Gasteiger partial charge >= 0.3 is 0 Å². The lowest BCUT2D eigenvalue weighted by atomic mass is 9.86. The third-order valence-corrected chi connectivity index (χ3v) is 3.77. The van der Waals surface area contributed by atoms with Crippen molar-refractivity contribution in [3.05, 3.63) is 0 Å². The van der Waals surface area contributed by atoms with Crippen LogP contribution in [0.1, 0.15) is 12.8 Å². The molecule has 2 aliphatic rings. The number of ether oxygens (including phenoxy) is 1. The maximum Gasteiger partial charge on any atom is 0.116 e. The molecule has 0 saturated carbocycles. The molecule has 4 heteroatoms. The Labute approximate surface area is 97.8 Å². The predicted molar refractivity (Wildman–Crippen MR) is 62.0 cm³/mol. The fraction of sp³-hybridized carbons (Fsp3) is 0.917. The van der Waals surface area contributed by atoms with E-state index in [4.69, 9.17) is 10.00 Å². The molecule has 0 N–H and O–H groups in total. The van der Waals surface area contributed by atoms with Gasteiger partial charge in [0.05, 0.1) is 19.3 Å². The number of likely N-dealkylation sites (N-methyl/N-ethyl adjacent to an activating group) is 2. The van der Waals surface area contributed by atoms with Crippen LogP contribution in [0.4, 0.5) is 0 Å². The van der Waals surface area contributed by atoms with Crippen LogP contribution in [0.25, 0.3) is 0 Å². The second-order valence-electron chi connectivity index (χ2n) is 5.36. The molecular formula is C12H21N3O. The molecule has 0 radical (unpaired) electrons. The Bertz CT molecular complexity index is 282. The van der Waals surface area contributed by atoms with Gasteiger partial charge < -0.3 is 14.5 Å². The molecule has 2 aliphatic heterocycles. The molecule has 1 atom stereocenters. The van der Waals surface area contributed by atoms with E-state index >= 15 is 0 Å². The van der Waals surface area contributed by atoms with Crippen molar-refractivity contribution < 1.29 is 4.74 Å². The number of rotatable bonds is 3. The number of hydrogen-bond donors (Lipinski definition) is 0. The molecule has 0 spiro atoms. The van der Waals surface area contributed by atoms with E-state index in [0.29, 0.717) is 19.3 Å². The smallest absolute Gasteiger partial charge is 0.116 e. The fourth-order valence-corrected chi connectivity index (χ4v) is 2.65. The molecule has 16 heavy (non-hydrogen) atoms. The summed E-state index contributed by atoms with van der Waals surface area (Å²) in [7, 11) is 4.31. The Morgan fingerprint density at radius 3 is 2.81 bits per heavy atom. The number of nitriles is 1. The monoisotopic (exact) mass is 223 g/mol. The van der Waals surface area contributed by atoms with Gasteiger partial charge in [-0.1, -0.05) is 0 Å². The summed E-state index contributed by atoms with van der Waals surface area (Å²) in [5.74, 6) is 0. The Morgan fingerprint density at radius 2 is 2.31 bits per heavy atom. The lowest BCUT2D eigenvalue weighted by Crippen LogP contribution is -2.54. The zero-order valence-corrected chi connectivity index (χ0v) is 10.3. The van der Waals surface area contributed by atoms with Gasteiger partial charge in [-0.15, -0.1) is 0 Å². The van der Waals surface area contributed by atoms with Gasteiger partial charge in [0.1, 0.15) is 5.41 Å². The van der Waals surface area contributed by atoms with Crippen molar-refractivity contribution >= 4 is 0 Å². The van der Waals surface area contributed by atoms with Gasteiger partial charge in [-0.25, -0.2) is 0 Å². The summed E-state index contributed by atoms with van der Waals surface area (Å²) in [6.45, 7) is 4.39. The van der Waals surface area contributed by atoms with Crippen molar-refractivity contribution in [2.75, 3.05) is 46.9 Å². The molecular weight excluding hydrogens is 202 g/mol. The summed E-state index contributed by atoms with van der Waals surface area (Å²) in [5.41, 5.74) is -0.231. The third-order valence-electron chi connectivity index (χ3n) is 3.77. The van der Waals surface area contributed by atoms with Crippen LogP contribution in [0.3, 0.4) is 0 Å². The van der Waals surface area contributed by atoms with Crippen LogP contribution < -0.4 is 0 Å². The van der Waals surface area contributed by atoms with E-state index in [0.717, 1.165) is 13.1 Å². The quantitative estimate of drug-likeness (QED) is 0.700. The van der Waals surface area contributed by atoms with Crippen LogP contribution in [0.15, 0.2) is 0 Å². The lowest BCUT2D eigenvalue weighted by molar-refractivity contribution is -0.0946. The SMILES string of the molecule is CN1CCCC(N(C)CC2(C#N)COC2)C1. The molecule has 0 aliphatic carbocycles. The van der Waals surface area contributed by atoms with Crippen LogP contribution in [0.5, 0.6) is 0 Å². The van der Waals surface area contributed by atoms with Gasteiger partial charge in [-0.3, -0.25) is 0 Å². The molecule has 0 aromatic heterocycles. The van der Waals surface area contributed by atoms with Crippen molar-refractivity contribution in [2.45, 2.75) is 18.9 Å². The highest BCUT2D eigenvalue weighted by molar-refractivity contribution is 5.06. The Kier molecular flexibility index (Phi) is 3.48. The lowest BCUT2D eigenvalue weighted by Gasteiger charge is -2.42. The molecule has 90 valence electrons.